The molecule has 25 heavy (non-hydrogen) atoms. The molecule has 1 saturated heterocycles. The van der Waals surface area contributed by atoms with Gasteiger partial charge in [0.2, 0.25) is 0 Å². The molecular formula is C18H25ClN4O2. The molecule has 136 valence electrons. The zero-order valence-corrected chi connectivity index (χ0v) is 15.2. The standard InChI is InChI=1S/C18H24N4O2.ClH/c1-2-24-13-14-5-3-6-15(11-14)20-18(23)17-8-10-22(21-17)16-7-4-9-19-12-16;/h3,5-6,8,10-11,16,19H,2,4,7,9,12-13H2,1H3,(H,20,23);1H. The van der Waals surface area contributed by atoms with Gasteiger partial charge >= 0.3 is 0 Å². The van der Waals surface area contributed by atoms with Crippen LogP contribution in [-0.2, 0) is 11.3 Å². The Morgan fingerprint density at radius 3 is 3.08 bits per heavy atom. The summed E-state index contributed by atoms with van der Waals surface area (Å²) in [7, 11) is 0. The number of benzene rings is 1. The normalized spacial score (nSPS) is 16.9. The van der Waals surface area contributed by atoms with E-state index >= 15 is 0 Å². The van der Waals surface area contributed by atoms with Crippen molar-refractivity contribution in [1.29, 1.82) is 0 Å². The number of hydrogen-bond acceptors (Lipinski definition) is 4. The highest BCUT2D eigenvalue weighted by Crippen LogP contribution is 2.17. The Balaban J connectivity index is 0.00000225. The molecule has 0 bridgehead atoms. The SMILES string of the molecule is CCOCc1cccc(NC(=O)c2ccn(C3CCCNC3)n2)c1.Cl. The lowest BCUT2D eigenvalue weighted by Gasteiger charge is -2.22. The van der Waals surface area contributed by atoms with Crippen LogP contribution in [0.25, 0.3) is 0 Å². The van der Waals surface area contributed by atoms with Crippen LogP contribution in [0.15, 0.2) is 36.5 Å². The molecule has 0 aliphatic carbocycles. The molecule has 3 rings (SSSR count). The van der Waals surface area contributed by atoms with Crippen molar-refractivity contribution < 1.29 is 9.53 Å². The van der Waals surface area contributed by atoms with E-state index in [1.54, 1.807) is 6.07 Å². The first-order chi connectivity index (χ1) is 11.8. The first kappa shape index (κ1) is 19.4. The average molecular weight is 365 g/mol. The minimum absolute atomic E-state index is 0. The first-order valence-corrected chi connectivity index (χ1v) is 8.50. The lowest BCUT2D eigenvalue weighted by molar-refractivity contribution is 0.102. The number of hydrogen-bond donors (Lipinski definition) is 2. The summed E-state index contributed by atoms with van der Waals surface area (Å²) >= 11 is 0. The van der Waals surface area contributed by atoms with Crippen LogP contribution in [0.3, 0.4) is 0 Å². The number of amides is 1. The summed E-state index contributed by atoms with van der Waals surface area (Å²) in [6.45, 7) is 5.14. The number of aromatic nitrogens is 2. The lowest BCUT2D eigenvalue weighted by Crippen LogP contribution is -2.32. The van der Waals surface area contributed by atoms with Gasteiger partial charge in [0.15, 0.2) is 5.69 Å². The van der Waals surface area contributed by atoms with E-state index in [9.17, 15) is 4.79 Å². The van der Waals surface area contributed by atoms with E-state index in [-0.39, 0.29) is 18.3 Å². The molecule has 1 amide bonds. The minimum atomic E-state index is -0.189. The number of nitrogens with one attached hydrogen (secondary N) is 2. The van der Waals surface area contributed by atoms with Gasteiger partial charge < -0.3 is 15.4 Å². The Morgan fingerprint density at radius 2 is 2.32 bits per heavy atom. The fourth-order valence-electron chi connectivity index (χ4n) is 2.88. The second-order valence-electron chi connectivity index (χ2n) is 5.97. The number of piperidine rings is 1. The van der Waals surface area contributed by atoms with Crippen molar-refractivity contribution in [2.24, 2.45) is 0 Å². The highest BCUT2D eigenvalue weighted by molar-refractivity contribution is 6.02. The highest BCUT2D eigenvalue weighted by atomic mass is 35.5. The van der Waals surface area contributed by atoms with Gasteiger partial charge in [-0.25, -0.2) is 0 Å². The van der Waals surface area contributed by atoms with E-state index in [1.165, 1.54) is 0 Å². The zero-order chi connectivity index (χ0) is 16.8. The van der Waals surface area contributed by atoms with Crippen molar-refractivity contribution in [3.05, 3.63) is 47.8 Å². The predicted molar refractivity (Wildman–Crippen MR) is 100 cm³/mol. The van der Waals surface area contributed by atoms with E-state index in [0.717, 1.165) is 37.2 Å². The third-order valence-electron chi connectivity index (χ3n) is 4.14. The maximum Gasteiger partial charge on any atom is 0.276 e. The summed E-state index contributed by atoms with van der Waals surface area (Å²) < 4.78 is 7.30. The Hall–Kier alpha value is -1.89. The Labute approximate surface area is 154 Å². The second-order valence-corrected chi connectivity index (χ2v) is 5.97. The largest absolute Gasteiger partial charge is 0.377 e. The highest BCUT2D eigenvalue weighted by Gasteiger charge is 2.17. The molecule has 1 atom stereocenters. The van der Waals surface area contributed by atoms with Crippen LogP contribution >= 0.6 is 12.4 Å². The van der Waals surface area contributed by atoms with E-state index in [0.29, 0.717) is 24.9 Å². The molecule has 2 aromatic rings. The Kier molecular flexibility index (Phi) is 7.43. The van der Waals surface area contributed by atoms with Crippen LogP contribution in [0.1, 0.15) is 41.9 Å². The number of halogens is 1. The molecule has 0 saturated carbocycles. The summed E-state index contributed by atoms with van der Waals surface area (Å²) in [5, 5.41) is 10.7. The number of ether oxygens (including phenoxy) is 1. The van der Waals surface area contributed by atoms with Gasteiger partial charge in [0, 0.05) is 25.0 Å². The molecule has 1 aromatic carbocycles. The summed E-state index contributed by atoms with van der Waals surface area (Å²) in [5.41, 5.74) is 2.23. The topological polar surface area (TPSA) is 68.2 Å². The maximum atomic E-state index is 12.4. The van der Waals surface area contributed by atoms with Crippen molar-refractivity contribution in [3.8, 4) is 0 Å². The second kappa shape index (κ2) is 9.56. The van der Waals surface area contributed by atoms with Gasteiger partial charge in [-0.15, -0.1) is 12.4 Å². The van der Waals surface area contributed by atoms with Gasteiger partial charge in [-0.3, -0.25) is 9.48 Å². The van der Waals surface area contributed by atoms with Crippen molar-refractivity contribution in [3.63, 3.8) is 0 Å². The van der Waals surface area contributed by atoms with E-state index < -0.39 is 0 Å². The molecule has 1 aromatic heterocycles. The van der Waals surface area contributed by atoms with E-state index in [1.807, 2.05) is 42.1 Å². The fourth-order valence-corrected chi connectivity index (χ4v) is 2.88. The van der Waals surface area contributed by atoms with Gasteiger partial charge in [-0.05, 0) is 50.1 Å². The maximum absolute atomic E-state index is 12.4. The van der Waals surface area contributed by atoms with E-state index in [2.05, 4.69) is 15.7 Å². The van der Waals surface area contributed by atoms with Gasteiger partial charge in [-0.1, -0.05) is 12.1 Å². The number of carbonyl (C=O) groups is 1. The fraction of sp³-hybridized carbons (Fsp3) is 0.444. The van der Waals surface area contributed by atoms with Crippen LogP contribution in [0.4, 0.5) is 5.69 Å². The summed E-state index contributed by atoms with van der Waals surface area (Å²) in [6, 6.07) is 9.79. The van der Waals surface area contributed by atoms with Crippen LogP contribution < -0.4 is 10.6 Å². The smallest absolute Gasteiger partial charge is 0.276 e. The zero-order valence-electron chi connectivity index (χ0n) is 14.4. The van der Waals surface area contributed by atoms with Crippen LogP contribution in [-0.4, -0.2) is 35.4 Å². The number of rotatable bonds is 6. The molecule has 2 heterocycles. The van der Waals surface area contributed by atoms with Crippen molar-refractivity contribution in [2.75, 3.05) is 25.0 Å². The number of anilines is 1. The quantitative estimate of drug-likeness (QED) is 0.826. The summed E-state index contributed by atoms with van der Waals surface area (Å²) in [5.74, 6) is -0.189. The third kappa shape index (κ3) is 5.29. The summed E-state index contributed by atoms with van der Waals surface area (Å²) in [4.78, 5) is 12.4. The van der Waals surface area contributed by atoms with E-state index in [4.69, 9.17) is 4.74 Å². The molecule has 1 aliphatic rings. The van der Waals surface area contributed by atoms with Crippen molar-refractivity contribution in [1.82, 2.24) is 15.1 Å². The van der Waals surface area contributed by atoms with Gasteiger partial charge in [0.25, 0.3) is 5.91 Å². The average Bonchev–Trinajstić information content (AvgIpc) is 3.11. The summed E-state index contributed by atoms with van der Waals surface area (Å²) in [6.07, 6.45) is 4.12. The molecular weight excluding hydrogens is 340 g/mol. The number of nitrogens with zero attached hydrogens (tertiary/aromatic N) is 2. The Morgan fingerprint density at radius 1 is 1.44 bits per heavy atom. The predicted octanol–water partition coefficient (Wildman–Crippen LogP) is 3.02. The number of carbonyl (C=O) groups excluding carboxylic acids is 1. The molecule has 1 fully saturated rings. The molecule has 7 heteroatoms. The van der Waals surface area contributed by atoms with Gasteiger partial charge in [-0.2, -0.15) is 5.10 Å². The molecule has 1 aliphatic heterocycles. The van der Waals surface area contributed by atoms with Gasteiger partial charge in [0.1, 0.15) is 0 Å². The first-order valence-electron chi connectivity index (χ1n) is 8.50. The minimum Gasteiger partial charge on any atom is -0.377 e. The molecule has 0 radical (unpaired) electrons. The molecule has 2 N–H and O–H groups in total. The van der Waals surface area contributed by atoms with Gasteiger partial charge in [0.05, 0.1) is 12.6 Å². The van der Waals surface area contributed by atoms with Crippen LogP contribution in [0, 0.1) is 0 Å². The van der Waals surface area contributed by atoms with Crippen molar-refractivity contribution in [2.45, 2.75) is 32.4 Å². The molecule has 6 nitrogen and oxygen atoms in total. The van der Waals surface area contributed by atoms with Crippen molar-refractivity contribution >= 4 is 24.0 Å². The monoisotopic (exact) mass is 364 g/mol. The molecule has 1 unspecified atom stereocenters. The molecule has 0 spiro atoms. The lowest BCUT2D eigenvalue weighted by atomic mass is 10.1. The third-order valence-corrected chi connectivity index (χ3v) is 4.14. The van der Waals surface area contributed by atoms with Crippen LogP contribution in [0.2, 0.25) is 0 Å². The van der Waals surface area contributed by atoms with Crippen LogP contribution in [0.5, 0.6) is 0 Å². The Bertz CT molecular complexity index is 683.